The average Bonchev–Trinajstić information content (AvgIpc) is 3.02. The van der Waals surface area contributed by atoms with Crippen molar-refractivity contribution in [3.05, 3.63) is 34.4 Å². The van der Waals surface area contributed by atoms with E-state index in [4.69, 9.17) is 14.6 Å². The molecular formula is C19H24N2O6. The number of carboxylic acid groups (broad SMARTS) is 1. The van der Waals surface area contributed by atoms with Gasteiger partial charge in [-0.1, -0.05) is 12.2 Å². The molecule has 1 aliphatic heterocycles. The highest BCUT2D eigenvalue weighted by Gasteiger charge is 2.32. The first-order valence-corrected chi connectivity index (χ1v) is 8.65. The molecule has 2 rings (SSSR count). The number of rotatable bonds is 8. The number of fused-ring (bicyclic) bond motifs is 1. The first-order valence-electron chi connectivity index (χ1n) is 8.65. The van der Waals surface area contributed by atoms with E-state index < -0.39 is 18.0 Å². The first kappa shape index (κ1) is 20.3. The number of urea groups is 1. The van der Waals surface area contributed by atoms with Crippen LogP contribution in [0.1, 0.15) is 46.3 Å². The zero-order valence-electron chi connectivity index (χ0n) is 15.7. The molecule has 2 amide bonds. The quantitative estimate of drug-likeness (QED) is 0.475. The first-order chi connectivity index (χ1) is 12.9. The van der Waals surface area contributed by atoms with Crippen LogP contribution in [0.15, 0.2) is 12.2 Å². The van der Waals surface area contributed by atoms with Crippen molar-refractivity contribution in [2.45, 2.75) is 39.2 Å². The number of nitrogens with one attached hydrogen (secondary N) is 2. The summed E-state index contributed by atoms with van der Waals surface area (Å²) in [6.45, 7) is 2.00. The summed E-state index contributed by atoms with van der Waals surface area (Å²) in [6.07, 6.45) is 5.32. The lowest BCUT2D eigenvalue weighted by Gasteiger charge is -2.19. The van der Waals surface area contributed by atoms with E-state index in [9.17, 15) is 14.4 Å². The Morgan fingerprint density at radius 1 is 1.30 bits per heavy atom. The highest BCUT2D eigenvalue weighted by molar-refractivity contribution is 6.05. The Morgan fingerprint density at radius 2 is 2.00 bits per heavy atom. The van der Waals surface area contributed by atoms with Gasteiger partial charge in [0.15, 0.2) is 0 Å². The number of cyclic esters (lactones) is 1. The third kappa shape index (κ3) is 4.58. The number of hydrogen-bond donors (Lipinski definition) is 3. The van der Waals surface area contributed by atoms with E-state index in [0.717, 1.165) is 5.56 Å². The highest BCUT2D eigenvalue weighted by Crippen LogP contribution is 2.41. The van der Waals surface area contributed by atoms with Crippen LogP contribution < -0.4 is 15.4 Å². The molecule has 0 unspecified atom stereocenters. The Bertz CT molecular complexity index is 785. The van der Waals surface area contributed by atoms with Gasteiger partial charge in [-0.15, -0.1) is 0 Å². The number of esters is 1. The van der Waals surface area contributed by atoms with Crippen LogP contribution in [0.4, 0.5) is 10.5 Å². The number of ether oxygens (including phenoxy) is 2. The number of methoxy groups -OCH3 is 1. The van der Waals surface area contributed by atoms with Gasteiger partial charge in [0, 0.05) is 24.6 Å². The fourth-order valence-corrected chi connectivity index (χ4v) is 3.08. The third-order valence-corrected chi connectivity index (χ3v) is 4.39. The highest BCUT2D eigenvalue weighted by atomic mass is 16.5. The molecule has 8 nitrogen and oxygen atoms in total. The lowest BCUT2D eigenvalue weighted by molar-refractivity contribution is -0.136. The molecule has 0 atom stereocenters. The average molecular weight is 376 g/mol. The third-order valence-electron chi connectivity index (χ3n) is 4.39. The number of benzene rings is 1. The maximum absolute atomic E-state index is 12.2. The summed E-state index contributed by atoms with van der Waals surface area (Å²) in [5.41, 5.74) is 2.99. The van der Waals surface area contributed by atoms with Crippen molar-refractivity contribution in [2.75, 3.05) is 19.5 Å². The number of carbonyl (C=O) groups is 3. The zero-order valence-corrected chi connectivity index (χ0v) is 15.7. The molecule has 1 aromatic carbocycles. The van der Waals surface area contributed by atoms with Crippen molar-refractivity contribution < 1.29 is 29.0 Å². The van der Waals surface area contributed by atoms with Crippen LogP contribution in [-0.2, 0) is 22.6 Å². The number of carbonyl (C=O) groups excluding carboxylic acids is 2. The molecule has 1 aliphatic rings. The van der Waals surface area contributed by atoms with Crippen LogP contribution in [-0.4, -0.2) is 37.2 Å². The molecule has 0 aliphatic carbocycles. The summed E-state index contributed by atoms with van der Waals surface area (Å²) in [4.78, 5) is 34.7. The standard InChI is InChI=1S/C19H24N2O6/c1-11-13-10-27-18(24)15(13)16(21-19(25)20-2)12(17(11)26-3)8-6-4-5-7-9-14(22)23/h4-5H,6-10H2,1-3H3,(H,22,23)(H2,20,21,25)/b5-4+. The Kier molecular flexibility index (Phi) is 6.81. The molecule has 0 spiro atoms. The van der Waals surface area contributed by atoms with Gasteiger partial charge in [-0.25, -0.2) is 9.59 Å². The van der Waals surface area contributed by atoms with Crippen LogP contribution in [0, 0.1) is 6.92 Å². The van der Waals surface area contributed by atoms with Crippen molar-refractivity contribution in [2.24, 2.45) is 0 Å². The van der Waals surface area contributed by atoms with Gasteiger partial charge in [-0.2, -0.15) is 0 Å². The SMILES string of the molecule is CNC(=O)Nc1c(CC/C=C/CCC(=O)O)c(OC)c(C)c2c1C(=O)OC2. The summed E-state index contributed by atoms with van der Waals surface area (Å²) < 4.78 is 10.7. The largest absolute Gasteiger partial charge is 0.496 e. The summed E-state index contributed by atoms with van der Waals surface area (Å²) in [6, 6.07) is -0.443. The molecule has 1 aromatic rings. The van der Waals surface area contributed by atoms with Gasteiger partial charge in [-0.05, 0) is 31.7 Å². The van der Waals surface area contributed by atoms with E-state index in [1.807, 2.05) is 13.0 Å². The summed E-state index contributed by atoms with van der Waals surface area (Å²) >= 11 is 0. The predicted octanol–water partition coefficient (Wildman–Crippen LogP) is 2.78. The summed E-state index contributed by atoms with van der Waals surface area (Å²) in [7, 11) is 3.03. The van der Waals surface area contributed by atoms with Crippen LogP contribution in [0.3, 0.4) is 0 Å². The van der Waals surface area contributed by atoms with E-state index in [1.54, 1.807) is 13.2 Å². The van der Waals surface area contributed by atoms with Gasteiger partial charge < -0.3 is 25.2 Å². The Hall–Kier alpha value is -3.03. The van der Waals surface area contributed by atoms with Gasteiger partial charge in [0.2, 0.25) is 0 Å². The monoisotopic (exact) mass is 376 g/mol. The number of allylic oxidation sites excluding steroid dienone is 2. The second-order valence-electron chi connectivity index (χ2n) is 6.09. The molecule has 0 fully saturated rings. The van der Waals surface area contributed by atoms with Crippen molar-refractivity contribution >= 4 is 23.7 Å². The van der Waals surface area contributed by atoms with Crippen molar-refractivity contribution in [3.63, 3.8) is 0 Å². The Balaban J connectivity index is 2.36. The van der Waals surface area contributed by atoms with Crippen LogP contribution in [0.25, 0.3) is 0 Å². The minimum atomic E-state index is -0.842. The van der Waals surface area contributed by atoms with Gasteiger partial charge >= 0.3 is 18.0 Å². The lowest BCUT2D eigenvalue weighted by atomic mass is 9.93. The molecule has 146 valence electrons. The van der Waals surface area contributed by atoms with Crippen LogP contribution in [0.2, 0.25) is 0 Å². The van der Waals surface area contributed by atoms with E-state index in [0.29, 0.717) is 47.4 Å². The minimum Gasteiger partial charge on any atom is -0.496 e. The maximum atomic E-state index is 12.2. The van der Waals surface area contributed by atoms with Gasteiger partial charge in [0.25, 0.3) is 0 Å². The molecule has 0 bridgehead atoms. The number of carboxylic acids is 1. The van der Waals surface area contributed by atoms with Gasteiger partial charge in [0.05, 0.1) is 18.4 Å². The molecule has 8 heteroatoms. The van der Waals surface area contributed by atoms with Gasteiger partial charge in [-0.3, -0.25) is 4.79 Å². The predicted molar refractivity (Wildman–Crippen MR) is 99.3 cm³/mol. The topological polar surface area (TPSA) is 114 Å². The maximum Gasteiger partial charge on any atom is 0.341 e. The van der Waals surface area contributed by atoms with Crippen LogP contribution in [0.5, 0.6) is 5.75 Å². The number of anilines is 1. The molecule has 3 N–H and O–H groups in total. The fraction of sp³-hybridized carbons (Fsp3) is 0.421. The number of aliphatic carboxylic acids is 1. The summed E-state index contributed by atoms with van der Waals surface area (Å²) in [5.74, 6) is -0.705. The van der Waals surface area contributed by atoms with Crippen LogP contribution >= 0.6 is 0 Å². The van der Waals surface area contributed by atoms with Crippen molar-refractivity contribution in [1.82, 2.24) is 5.32 Å². The Morgan fingerprint density at radius 3 is 2.63 bits per heavy atom. The minimum absolute atomic E-state index is 0.0765. The van der Waals surface area contributed by atoms with Gasteiger partial charge in [0.1, 0.15) is 12.4 Å². The summed E-state index contributed by atoms with van der Waals surface area (Å²) in [5, 5.41) is 13.9. The second-order valence-corrected chi connectivity index (χ2v) is 6.09. The number of hydrogen-bond acceptors (Lipinski definition) is 5. The van der Waals surface area contributed by atoms with Crippen molar-refractivity contribution in [1.29, 1.82) is 0 Å². The van der Waals surface area contributed by atoms with E-state index >= 15 is 0 Å². The molecule has 0 radical (unpaired) electrons. The second kappa shape index (κ2) is 9.07. The van der Waals surface area contributed by atoms with Crippen molar-refractivity contribution in [3.8, 4) is 5.75 Å². The molecule has 27 heavy (non-hydrogen) atoms. The zero-order chi connectivity index (χ0) is 20.0. The molecule has 0 saturated carbocycles. The van der Waals surface area contributed by atoms with E-state index in [1.165, 1.54) is 7.05 Å². The van der Waals surface area contributed by atoms with E-state index in [2.05, 4.69) is 10.6 Å². The smallest absolute Gasteiger partial charge is 0.341 e. The normalized spacial score (nSPS) is 12.6. The Labute approximate surface area is 157 Å². The molecule has 0 saturated heterocycles. The molecular weight excluding hydrogens is 352 g/mol. The molecule has 0 aromatic heterocycles. The lowest BCUT2D eigenvalue weighted by Crippen LogP contribution is -2.26. The number of amides is 2. The fourth-order valence-electron chi connectivity index (χ4n) is 3.08. The molecule has 1 heterocycles. The van der Waals surface area contributed by atoms with E-state index in [-0.39, 0.29) is 13.0 Å².